The van der Waals surface area contributed by atoms with E-state index in [9.17, 15) is 13.2 Å². The van der Waals surface area contributed by atoms with Gasteiger partial charge in [0.2, 0.25) is 0 Å². The number of allylic oxidation sites excluding steroid dienone is 1. The van der Waals surface area contributed by atoms with E-state index >= 15 is 0 Å². The number of hydrogen-bond acceptors (Lipinski definition) is 2. The normalized spacial score (nSPS) is 22.6. The Morgan fingerprint density at radius 3 is 2.52 bits per heavy atom. The molecule has 0 bridgehead atoms. The quantitative estimate of drug-likeness (QED) is 0.702. The lowest BCUT2D eigenvalue weighted by atomic mass is 9.79. The topological polar surface area (TPSA) is 33.0 Å². The summed E-state index contributed by atoms with van der Waals surface area (Å²) in [6, 6.07) is 5.75. The van der Waals surface area contributed by atoms with Gasteiger partial charge in [0.15, 0.2) is 0 Å². The largest absolute Gasteiger partial charge is 0.367 e. The molecule has 23 heavy (non-hydrogen) atoms. The van der Waals surface area contributed by atoms with Crippen LogP contribution in [0.5, 0.6) is 0 Å². The number of ether oxygens (including phenoxy) is 1. The van der Waals surface area contributed by atoms with E-state index in [4.69, 9.17) is 10.00 Å². The number of hydrogen-bond donors (Lipinski definition) is 0. The summed E-state index contributed by atoms with van der Waals surface area (Å²) in [7, 11) is 0. The lowest BCUT2D eigenvalue weighted by Crippen LogP contribution is -2.33. The monoisotopic (exact) mass is 323 g/mol. The Morgan fingerprint density at radius 2 is 2.00 bits per heavy atom. The molecular weight excluding hydrogens is 303 g/mol. The van der Waals surface area contributed by atoms with Gasteiger partial charge in [-0.2, -0.15) is 5.26 Å². The van der Waals surface area contributed by atoms with Crippen LogP contribution in [0.3, 0.4) is 0 Å². The standard InChI is InChI=1S/C18H20F3NO/c1-2-12-3-6-14(7-4-12)17(18(20)21)23-11-13-5-8-15(10-22)16(19)9-13/h2,5,8-9,12,14,17-18H,1,3-4,6-7,11H2. The molecule has 0 heterocycles. The minimum absolute atomic E-state index is 0.0677. The van der Waals surface area contributed by atoms with E-state index in [1.807, 2.05) is 6.08 Å². The van der Waals surface area contributed by atoms with Gasteiger partial charge in [0, 0.05) is 0 Å². The molecular formula is C18H20F3NO. The van der Waals surface area contributed by atoms with Crippen LogP contribution < -0.4 is 0 Å². The number of nitrogens with zero attached hydrogens (tertiary/aromatic N) is 1. The van der Waals surface area contributed by atoms with Gasteiger partial charge in [-0.25, -0.2) is 13.2 Å². The lowest BCUT2D eigenvalue weighted by Gasteiger charge is -2.32. The Labute approximate surface area is 134 Å². The van der Waals surface area contributed by atoms with Crippen LogP contribution in [0.1, 0.15) is 36.8 Å². The summed E-state index contributed by atoms with van der Waals surface area (Å²) in [5.41, 5.74) is 0.383. The lowest BCUT2D eigenvalue weighted by molar-refractivity contribution is -0.101. The second-order valence-corrected chi connectivity index (χ2v) is 5.95. The molecule has 0 amide bonds. The summed E-state index contributed by atoms with van der Waals surface area (Å²) in [5, 5.41) is 8.68. The van der Waals surface area contributed by atoms with E-state index in [1.165, 1.54) is 12.1 Å². The zero-order valence-corrected chi connectivity index (χ0v) is 12.9. The molecule has 0 N–H and O–H groups in total. The summed E-state index contributed by atoms with van der Waals surface area (Å²) in [6.45, 7) is 3.67. The van der Waals surface area contributed by atoms with Crippen LogP contribution in [0.4, 0.5) is 13.2 Å². The first-order valence-corrected chi connectivity index (χ1v) is 7.76. The smallest absolute Gasteiger partial charge is 0.264 e. The highest BCUT2D eigenvalue weighted by molar-refractivity contribution is 5.33. The van der Waals surface area contributed by atoms with E-state index in [-0.39, 0.29) is 18.1 Å². The van der Waals surface area contributed by atoms with Gasteiger partial charge in [-0.05, 0) is 55.2 Å². The van der Waals surface area contributed by atoms with Crippen LogP contribution in [0, 0.1) is 29.0 Å². The van der Waals surface area contributed by atoms with Gasteiger partial charge in [-0.1, -0.05) is 12.1 Å². The summed E-state index contributed by atoms with van der Waals surface area (Å²) < 4.78 is 45.5. The molecule has 0 spiro atoms. The molecule has 1 aliphatic rings. The maximum Gasteiger partial charge on any atom is 0.264 e. The molecule has 0 aromatic heterocycles. The average Bonchev–Trinajstić information content (AvgIpc) is 2.55. The molecule has 1 aromatic rings. The molecule has 1 atom stereocenters. The number of benzene rings is 1. The van der Waals surface area contributed by atoms with Crippen molar-refractivity contribution in [1.82, 2.24) is 0 Å². The van der Waals surface area contributed by atoms with E-state index in [2.05, 4.69) is 6.58 Å². The van der Waals surface area contributed by atoms with Gasteiger partial charge in [0.05, 0.1) is 12.2 Å². The van der Waals surface area contributed by atoms with Gasteiger partial charge in [-0.3, -0.25) is 0 Å². The zero-order chi connectivity index (χ0) is 16.8. The van der Waals surface area contributed by atoms with E-state index in [0.717, 1.165) is 18.9 Å². The SMILES string of the molecule is C=CC1CCC(C(OCc2ccc(C#N)c(F)c2)C(F)F)CC1. The van der Waals surface area contributed by atoms with Crippen molar-refractivity contribution in [2.24, 2.45) is 11.8 Å². The number of halogens is 3. The van der Waals surface area contributed by atoms with Gasteiger partial charge >= 0.3 is 0 Å². The molecule has 0 saturated heterocycles. The van der Waals surface area contributed by atoms with E-state index < -0.39 is 18.3 Å². The molecule has 1 fully saturated rings. The van der Waals surface area contributed by atoms with E-state index in [1.54, 1.807) is 6.07 Å². The van der Waals surface area contributed by atoms with Crippen molar-refractivity contribution in [2.75, 3.05) is 0 Å². The third-order valence-electron chi connectivity index (χ3n) is 4.46. The van der Waals surface area contributed by atoms with Crippen molar-refractivity contribution in [3.05, 3.63) is 47.8 Å². The average molecular weight is 323 g/mol. The van der Waals surface area contributed by atoms with Crippen LogP contribution in [0.25, 0.3) is 0 Å². The van der Waals surface area contributed by atoms with Crippen molar-refractivity contribution in [3.63, 3.8) is 0 Å². The Morgan fingerprint density at radius 1 is 1.30 bits per heavy atom. The first kappa shape index (κ1) is 17.6. The Hall–Kier alpha value is -1.80. The highest BCUT2D eigenvalue weighted by atomic mass is 19.3. The van der Waals surface area contributed by atoms with Crippen molar-refractivity contribution < 1.29 is 17.9 Å². The molecule has 1 aromatic carbocycles. The molecule has 0 radical (unpaired) electrons. The molecule has 124 valence electrons. The third kappa shape index (κ3) is 4.59. The Balaban J connectivity index is 1.96. The maximum absolute atomic E-state index is 13.5. The summed E-state index contributed by atoms with van der Waals surface area (Å²) >= 11 is 0. The fourth-order valence-corrected chi connectivity index (χ4v) is 3.06. The third-order valence-corrected chi connectivity index (χ3v) is 4.46. The molecule has 2 rings (SSSR count). The first-order valence-electron chi connectivity index (χ1n) is 7.76. The van der Waals surface area contributed by atoms with E-state index in [0.29, 0.717) is 24.3 Å². The second-order valence-electron chi connectivity index (χ2n) is 5.95. The minimum Gasteiger partial charge on any atom is -0.367 e. The summed E-state index contributed by atoms with van der Waals surface area (Å²) in [6.07, 6.45) is 1.26. The van der Waals surface area contributed by atoms with Crippen LogP contribution >= 0.6 is 0 Å². The summed E-state index contributed by atoms with van der Waals surface area (Å²) in [5.74, 6) is -0.444. The van der Waals surface area contributed by atoms with Gasteiger partial charge in [0.1, 0.15) is 18.0 Å². The molecule has 1 unspecified atom stereocenters. The van der Waals surface area contributed by atoms with Crippen LogP contribution in [0.15, 0.2) is 30.9 Å². The van der Waals surface area contributed by atoms with Crippen molar-refractivity contribution >= 4 is 0 Å². The second kappa shape index (κ2) is 8.16. The van der Waals surface area contributed by atoms with Crippen molar-refractivity contribution in [3.8, 4) is 6.07 Å². The predicted octanol–water partition coefficient (Wildman–Crippen LogP) is 4.84. The van der Waals surface area contributed by atoms with Crippen LogP contribution in [0.2, 0.25) is 0 Å². The Bertz CT molecular complexity index is 574. The minimum atomic E-state index is -2.57. The molecule has 5 heteroatoms. The summed E-state index contributed by atoms with van der Waals surface area (Å²) in [4.78, 5) is 0. The van der Waals surface area contributed by atoms with Crippen molar-refractivity contribution in [1.29, 1.82) is 5.26 Å². The Kier molecular flexibility index (Phi) is 6.23. The molecule has 2 nitrogen and oxygen atoms in total. The highest BCUT2D eigenvalue weighted by Gasteiger charge is 2.33. The number of alkyl halides is 2. The van der Waals surface area contributed by atoms with Crippen LogP contribution in [-0.4, -0.2) is 12.5 Å². The zero-order valence-electron chi connectivity index (χ0n) is 12.9. The molecule has 1 saturated carbocycles. The predicted molar refractivity (Wildman–Crippen MR) is 81.3 cm³/mol. The van der Waals surface area contributed by atoms with Gasteiger partial charge < -0.3 is 4.74 Å². The van der Waals surface area contributed by atoms with Crippen LogP contribution in [-0.2, 0) is 11.3 Å². The fourth-order valence-electron chi connectivity index (χ4n) is 3.06. The number of rotatable bonds is 6. The molecule has 1 aliphatic carbocycles. The molecule has 0 aliphatic heterocycles. The van der Waals surface area contributed by atoms with Gasteiger partial charge in [0.25, 0.3) is 6.43 Å². The highest BCUT2D eigenvalue weighted by Crippen LogP contribution is 2.34. The van der Waals surface area contributed by atoms with Crippen molar-refractivity contribution in [2.45, 2.75) is 44.8 Å². The van der Waals surface area contributed by atoms with Gasteiger partial charge in [-0.15, -0.1) is 6.58 Å². The first-order chi connectivity index (χ1) is 11.0. The number of nitriles is 1. The fraction of sp³-hybridized carbons (Fsp3) is 0.500. The maximum atomic E-state index is 13.5.